The highest BCUT2D eigenvalue weighted by Crippen LogP contribution is 2.39. The van der Waals surface area contributed by atoms with E-state index in [1.54, 1.807) is 12.1 Å². The number of halogens is 3. The Morgan fingerprint density at radius 1 is 1.07 bits per heavy atom. The summed E-state index contributed by atoms with van der Waals surface area (Å²) in [5.74, 6) is -0.789. The maximum Gasteiger partial charge on any atom is 0.320 e. The summed E-state index contributed by atoms with van der Waals surface area (Å²) in [5.41, 5.74) is 6.79. The van der Waals surface area contributed by atoms with Crippen LogP contribution in [0.4, 0.5) is 18.3 Å². The minimum Gasteiger partial charge on any atom is -0.472 e. The molecule has 8 nitrogen and oxygen atoms in total. The van der Waals surface area contributed by atoms with Crippen molar-refractivity contribution < 1.29 is 22.6 Å². The van der Waals surface area contributed by atoms with Gasteiger partial charge in [-0.2, -0.15) is 9.97 Å². The van der Waals surface area contributed by atoms with E-state index < -0.39 is 17.8 Å². The number of rotatable bonds is 4. The van der Waals surface area contributed by atoms with Crippen molar-refractivity contribution in [2.45, 2.75) is 57.0 Å². The fourth-order valence-corrected chi connectivity index (χ4v) is 6.64. The van der Waals surface area contributed by atoms with Crippen LogP contribution in [-0.4, -0.2) is 71.0 Å². The SMILES string of the molecule is COc1nc(OC2CCNC2C)c2ccc(-c3ccc(F)c4sc(N)nc34)c(F)c2n1.FC1CC2CCCN2C1. The minimum absolute atomic E-state index is 0.000634. The van der Waals surface area contributed by atoms with Crippen LogP contribution in [0.1, 0.15) is 32.6 Å². The van der Waals surface area contributed by atoms with Crippen molar-refractivity contribution in [1.82, 2.24) is 25.2 Å². The zero-order valence-electron chi connectivity index (χ0n) is 22.3. The van der Waals surface area contributed by atoms with Gasteiger partial charge in [-0.25, -0.2) is 18.2 Å². The molecule has 40 heavy (non-hydrogen) atoms. The number of nitrogen functional groups attached to an aromatic ring is 1. The first kappa shape index (κ1) is 27.0. The summed E-state index contributed by atoms with van der Waals surface area (Å²) >= 11 is 1.02. The minimum atomic E-state index is -0.597. The van der Waals surface area contributed by atoms with Gasteiger partial charge in [0.25, 0.3) is 0 Å². The van der Waals surface area contributed by atoms with Crippen molar-refractivity contribution in [1.29, 1.82) is 0 Å². The molecule has 2 aromatic heterocycles. The Hall–Kier alpha value is -3.22. The highest BCUT2D eigenvalue weighted by molar-refractivity contribution is 7.22. The van der Waals surface area contributed by atoms with Gasteiger partial charge in [-0.1, -0.05) is 17.4 Å². The molecule has 5 heterocycles. The van der Waals surface area contributed by atoms with Crippen molar-refractivity contribution >= 4 is 37.6 Å². The Labute approximate surface area is 233 Å². The number of alkyl halides is 1. The van der Waals surface area contributed by atoms with E-state index in [2.05, 4.69) is 25.2 Å². The van der Waals surface area contributed by atoms with E-state index >= 15 is 4.39 Å². The van der Waals surface area contributed by atoms with Gasteiger partial charge in [0.05, 0.1) is 22.7 Å². The summed E-state index contributed by atoms with van der Waals surface area (Å²) in [6.07, 6.45) is 3.53. The van der Waals surface area contributed by atoms with Crippen LogP contribution in [0.15, 0.2) is 24.3 Å². The summed E-state index contributed by atoms with van der Waals surface area (Å²) in [7, 11) is 1.41. The summed E-state index contributed by atoms with van der Waals surface area (Å²) < 4.78 is 54.1. The zero-order valence-corrected chi connectivity index (χ0v) is 23.1. The van der Waals surface area contributed by atoms with Crippen LogP contribution in [0.25, 0.3) is 32.2 Å². The molecule has 0 aliphatic carbocycles. The van der Waals surface area contributed by atoms with Crippen LogP contribution in [0, 0.1) is 11.6 Å². The Kier molecular flexibility index (Phi) is 7.41. The number of nitrogens with two attached hydrogens (primary N) is 1. The number of anilines is 1. The summed E-state index contributed by atoms with van der Waals surface area (Å²) in [5, 5.41) is 3.95. The molecular formula is C28H31F3N6O2S. The van der Waals surface area contributed by atoms with E-state index in [-0.39, 0.29) is 44.9 Å². The Morgan fingerprint density at radius 2 is 1.90 bits per heavy atom. The van der Waals surface area contributed by atoms with Crippen molar-refractivity contribution in [2.75, 3.05) is 32.5 Å². The second-order valence-electron chi connectivity index (χ2n) is 10.5. The van der Waals surface area contributed by atoms with Crippen molar-refractivity contribution in [3.63, 3.8) is 0 Å². The van der Waals surface area contributed by atoms with Gasteiger partial charge in [-0.05, 0) is 63.9 Å². The molecule has 2 aromatic carbocycles. The van der Waals surface area contributed by atoms with Gasteiger partial charge >= 0.3 is 6.01 Å². The van der Waals surface area contributed by atoms with Crippen LogP contribution < -0.4 is 20.5 Å². The van der Waals surface area contributed by atoms with E-state index in [0.29, 0.717) is 29.1 Å². The number of aromatic nitrogens is 3. The molecule has 3 saturated heterocycles. The van der Waals surface area contributed by atoms with Gasteiger partial charge in [0.2, 0.25) is 5.88 Å². The van der Waals surface area contributed by atoms with Gasteiger partial charge in [0, 0.05) is 29.8 Å². The average Bonchev–Trinajstić information content (AvgIpc) is 3.71. The van der Waals surface area contributed by atoms with Crippen molar-refractivity contribution in [3.05, 3.63) is 35.9 Å². The molecule has 0 radical (unpaired) electrons. The van der Waals surface area contributed by atoms with Crippen LogP contribution in [0.2, 0.25) is 0 Å². The third-order valence-corrected chi connectivity index (χ3v) is 8.80. The number of benzene rings is 2. The Balaban J connectivity index is 0.000000271. The molecule has 0 spiro atoms. The fraction of sp³-hybridized carbons (Fsp3) is 0.464. The first-order valence-corrected chi connectivity index (χ1v) is 14.3. The van der Waals surface area contributed by atoms with Gasteiger partial charge in [0.1, 0.15) is 23.6 Å². The van der Waals surface area contributed by atoms with Crippen LogP contribution in [0.5, 0.6) is 11.9 Å². The first-order valence-electron chi connectivity index (χ1n) is 13.5. The molecule has 0 amide bonds. The van der Waals surface area contributed by atoms with Crippen molar-refractivity contribution in [3.8, 4) is 23.0 Å². The molecule has 3 aliphatic heterocycles. The molecule has 7 rings (SSSR count). The number of ether oxygens (including phenoxy) is 2. The van der Waals surface area contributed by atoms with E-state index in [1.165, 1.54) is 32.1 Å². The van der Waals surface area contributed by atoms with E-state index in [4.69, 9.17) is 15.2 Å². The molecule has 4 unspecified atom stereocenters. The molecular weight excluding hydrogens is 541 g/mol. The lowest BCUT2D eigenvalue weighted by atomic mass is 10.0. The predicted molar refractivity (Wildman–Crippen MR) is 150 cm³/mol. The highest BCUT2D eigenvalue weighted by atomic mass is 32.1. The van der Waals surface area contributed by atoms with Gasteiger partial charge in [-0.3, -0.25) is 4.90 Å². The number of fused-ring (bicyclic) bond motifs is 3. The summed E-state index contributed by atoms with van der Waals surface area (Å²) in [4.78, 5) is 15.0. The lowest BCUT2D eigenvalue weighted by Crippen LogP contribution is -2.31. The van der Waals surface area contributed by atoms with Gasteiger partial charge < -0.3 is 20.5 Å². The second-order valence-corrected chi connectivity index (χ2v) is 11.5. The van der Waals surface area contributed by atoms with Crippen molar-refractivity contribution in [2.24, 2.45) is 0 Å². The maximum atomic E-state index is 15.7. The largest absolute Gasteiger partial charge is 0.472 e. The fourth-order valence-electron chi connectivity index (χ4n) is 5.88. The maximum absolute atomic E-state index is 15.7. The molecule has 3 fully saturated rings. The molecule has 4 aromatic rings. The van der Waals surface area contributed by atoms with Gasteiger partial charge in [0.15, 0.2) is 10.9 Å². The van der Waals surface area contributed by atoms with Gasteiger partial charge in [-0.15, -0.1) is 0 Å². The van der Waals surface area contributed by atoms with E-state index in [1.807, 2.05) is 6.92 Å². The van der Waals surface area contributed by atoms with E-state index in [9.17, 15) is 8.78 Å². The summed E-state index contributed by atoms with van der Waals surface area (Å²) in [6, 6.07) is 6.81. The molecule has 3 N–H and O–H groups in total. The molecule has 12 heteroatoms. The topological polar surface area (TPSA) is 98.4 Å². The third kappa shape index (κ3) is 5.04. The zero-order chi connectivity index (χ0) is 28.0. The third-order valence-electron chi connectivity index (χ3n) is 7.91. The number of nitrogens with zero attached hydrogens (tertiary/aromatic N) is 4. The molecule has 3 aliphatic rings. The van der Waals surface area contributed by atoms with Crippen LogP contribution in [-0.2, 0) is 0 Å². The number of methoxy groups -OCH3 is 1. The lowest BCUT2D eigenvalue weighted by Gasteiger charge is -2.18. The first-order chi connectivity index (χ1) is 19.3. The quantitative estimate of drug-likeness (QED) is 0.349. The monoisotopic (exact) mass is 572 g/mol. The lowest BCUT2D eigenvalue weighted by molar-refractivity contribution is 0.185. The molecule has 0 saturated carbocycles. The molecule has 212 valence electrons. The normalized spacial score (nSPS) is 24.3. The molecule has 0 bridgehead atoms. The van der Waals surface area contributed by atoms with Crippen LogP contribution in [0.3, 0.4) is 0 Å². The standard InChI is InChI=1S/C21H19F2N5O2S.C7H12FN/c1-9-14(7-8-25-9)30-19-12-4-3-10(15(23)16(12)27-21(28-19)29-2)11-5-6-13(22)18-17(11)26-20(24)31-18;8-6-4-7-2-1-3-9(7)5-6/h3-6,9,14,25H,7-8H2,1-2H3,(H2,24,26);6-7H,1-5H2. The Bertz CT molecular complexity index is 1540. The van der Waals surface area contributed by atoms with Crippen LogP contribution >= 0.6 is 11.3 Å². The number of nitrogens with one attached hydrogen (secondary N) is 1. The number of thiazole rings is 1. The molecule has 4 atom stereocenters. The number of hydrogen-bond donors (Lipinski definition) is 2. The summed E-state index contributed by atoms with van der Waals surface area (Å²) in [6.45, 7) is 4.72. The predicted octanol–water partition coefficient (Wildman–Crippen LogP) is 5.10. The highest BCUT2D eigenvalue weighted by Gasteiger charge is 2.34. The van der Waals surface area contributed by atoms with E-state index in [0.717, 1.165) is 37.3 Å². The second kappa shape index (κ2) is 11.0. The smallest absolute Gasteiger partial charge is 0.320 e. The average molecular weight is 573 g/mol. The Morgan fingerprint density at radius 3 is 2.65 bits per heavy atom. The number of hydrogen-bond acceptors (Lipinski definition) is 9.